The van der Waals surface area contributed by atoms with Crippen molar-refractivity contribution in [1.29, 1.82) is 0 Å². The molecule has 9 heteroatoms. The van der Waals surface area contributed by atoms with E-state index in [4.69, 9.17) is 11.6 Å². The van der Waals surface area contributed by atoms with Crippen LogP contribution in [0.5, 0.6) is 0 Å². The number of nitrogens with one attached hydrogen (secondary N) is 1. The second-order valence-corrected chi connectivity index (χ2v) is 9.92. The SMILES string of the molecule is O=S(=O)(NCCc1csc(N2CCCCC2)n1)c1ccc(Cl)s1. The number of rotatable bonds is 6. The number of thiazole rings is 1. The molecule has 3 rings (SSSR count). The van der Waals surface area contributed by atoms with Gasteiger partial charge in [0.05, 0.1) is 10.0 Å². The van der Waals surface area contributed by atoms with E-state index in [0.29, 0.717) is 17.3 Å². The van der Waals surface area contributed by atoms with E-state index in [1.165, 1.54) is 25.3 Å². The molecule has 0 aliphatic carbocycles. The van der Waals surface area contributed by atoms with Gasteiger partial charge in [0, 0.05) is 31.4 Å². The van der Waals surface area contributed by atoms with Gasteiger partial charge in [-0.25, -0.2) is 18.1 Å². The van der Waals surface area contributed by atoms with Crippen molar-refractivity contribution in [2.24, 2.45) is 0 Å². The highest BCUT2D eigenvalue weighted by molar-refractivity contribution is 7.91. The first kappa shape index (κ1) is 17.2. The summed E-state index contributed by atoms with van der Waals surface area (Å²) >= 11 is 8.48. The average Bonchev–Trinajstić information content (AvgIpc) is 3.17. The van der Waals surface area contributed by atoms with Crippen molar-refractivity contribution < 1.29 is 8.42 Å². The van der Waals surface area contributed by atoms with Crippen LogP contribution in [0.25, 0.3) is 0 Å². The van der Waals surface area contributed by atoms with Gasteiger partial charge >= 0.3 is 0 Å². The van der Waals surface area contributed by atoms with Crippen LogP contribution in [0.1, 0.15) is 25.0 Å². The molecular weight excluding hydrogens is 374 g/mol. The van der Waals surface area contributed by atoms with Crippen LogP contribution in [0.15, 0.2) is 21.7 Å². The lowest BCUT2D eigenvalue weighted by atomic mass is 10.1. The van der Waals surface area contributed by atoms with Gasteiger partial charge in [-0.2, -0.15) is 0 Å². The normalized spacial score (nSPS) is 16.0. The van der Waals surface area contributed by atoms with Gasteiger partial charge in [-0.1, -0.05) is 11.6 Å². The molecule has 1 aliphatic heterocycles. The summed E-state index contributed by atoms with van der Waals surface area (Å²) in [6.07, 6.45) is 4.32. The smallest absolute Gasteiger partial charge is 0.250 e. The number of thiophene rings is 1. The van der Waals surface area contributed by atoms with Crippen LogP contribution in [-0.4, -0.2) is 33.0 Å². The second-order valence-electron chi connectivity index (χ2n) is 5.38. The Balaban J connectivity index is 1.53. The maximum Gasteiger partial charge on any atom is 0.250 e. The van der Waals surface area contributed by atoms with Crippen LogP contribution in [0, 0.1) is 0 Å². The first-order valence-corrected chi connectivity index (χ1v) is 11.0. The second kappa shape index (κ2) is 7.48. The van der Waals surface area contributed by atoms with E-state index in [2.05, 4.69) is 14.6 Å². The van der Waals surface area contributed by atoms with Crippen molar-refractivity contribution in [3.05, 3.63) is 27.5 Å². The highest BCUT2D eigenvalue weighted by Gasteiger charge is 2.17. The molecule has 5 nitrogen and oxygen atoms in total. The molecule has 2 aromatic heterocycles. The lowest BCUT2D eigenvalue weighted by molar-refractivity contribution is 0.576. The number of halogens is 1. The molecule has 23 heavy (non-hydrogen) atoms. The van der Waals surface area contributed by atoms with Crippen LogP contribution >= 0.6 is 34.3 Å². The van der Waals surface area contributed by atoms with E-state index >= 15 is 0 Å². The number of anilines is 1. The third kappa shape index (κ3) is 4.45. The van der Waals surface area contributed by atoms with Crippen molar-refractivity contribution in [3.63, 3.8) is 0 Å². The molecular formula is C14H18ClN3O2S3. The number of hydrogen-bond acceptors (Lipinski definition) is 6. The molecule has 0 bridgehead atoms. The molecule has 0 spiro atoms. The molecule has 0 atom stereocenters. The Bertz CT molecular complexity index is 751. The summed E-state index contributed by atoms with van der Waals surface area (Å²) in [6.45, 7) is 2.47. The lowest BCUT2D eigenvalue weighted by Crippen LogP contribution is -2.29. The van der Waals surface area contributed by atoms with Crippen LogP contribution < -0.4 is 9.62 Å². The summed E-state index contributed by atoms with van der Waals surface area (Å²) in [5.41, 5.74) is 0.933. The van der Waals surface area contributed by atoms with Gasteiger partial charge in [-0.15, -0.1) is 22.7 Å². The molecule has 3 heterocycles. The fourth-order valence-electron chi connectivity index (χ4n) is 2.47. The van der Waals surface area contributed by atoms with E-state index < -0.39 is 10.0 Å². The van der Waals surface area contributed by atoms with Crippen molar-refractivity contribution in [2.75, 3.05) is 24.5 Å². The Labute approximate surface area is 149 Å². The fraction of sp³-hybridized carbons (Fsp3) is 0.500. The number of piperidine rings is 1. The molecule has 126 valence electrons. The Morgan fingerprint density at radius 1 is 1.26 bits per heavy atom. The zero-order chi connectivity index (χ0) is 16.3. The largest absolute Gasteiger partial charge is 0.348 e. The van der Waals surface area contributed by atoms with Crippen LogP contribution in [0.2, 0.25) is 4.34 Å². The Morgan fingerprint density at radius 3 is 2.74 bits per heavy atom. The number of hydrogen-bond donors (Lipinski definition) is 1. The Hall–Kier alpha value is -0.670. The summed E-state index contributed by atoms with van der Waals surface area (Å²) in [5, 5.41) is 3.06. The van der Waals surface area contributed by atoms with Crippen molar-refractivity contribution >= 4 is 49.4 Å². The van der Waals surface area contributed by atoms with E-state index in [1.54, 1.807) is 17.4 Å². The molecule has 0 saturated carbocycles. The maximum absolute atomic E-state index is 12.1. The molecule has 1 saturated heterocycles. The molecule has 0 radical (unpaired) electrons. The minimum absolute atomic E-state index is 0.245. The average molecular weight is 392 g/mol. The third-order valence-corrected chi connectivity index (χ3v) is 7.79. The Kier molecular flexibility index (Phi) is 5.58. The van der Waals surface area contributed by atoms with Gasteiger partial charge in [0.15, 0.2) is 5.13 Å². The molecule has 1 N–H and O–H groups in total. The molecule has 1 fully saturated rings. The number of sulfonamides is 1. The highest BCUT2D eigenvalue weighted by Crippen LogP contribution is 2.26. The minimum atomic E-state index is -3.47. The van der Waals surface area contributed by atoms with Gasteiger partial charge < -0.3 is 4.90 Å². The zero-order valence-electron chi connectivity index (χ0n) is 12.5. The van der Waals surface area contributed by atoms with Gasteiger partial charge in [0.2, 0.25) is 10.0 Å². The highest BCUT2D eigenvalue weighted by atomic mass is 35.5. The van der Waals surface area contributed by atoms with E-state index in [-0.39, 0.29) is 4.21 Å². The standard InChI is InChI=1S/C14H18ClN3O2S3/c15-12-4-5-13(22-12)23(19,20)16-7-6-11-10-21-14(17-11)18-8-2-1-3-9-18/h4-5,10,16H,1-3,6-9H2. The monoisotopic (exact) mass is 391 g/mol. The van der Waals surface area contributed by atoms with Crippen molar-refractivity contribution in [1.82, 2.24) is 9.71 Å². The van der Waals surface area contributed by atoms with E-state index in [9.17, 15) is 8.42 Å². The first-order valence-electron chi connectivity index (χ1n) is 7.49. The fourth-order valence-corrected chi connectivity index (χ4v) is 5.94. The maximum atomic E-state index is 12.1. The van der Waals surface area contributed by atoms with Gasteiger partial charge in [0.1, 0.15) is 4.21 Å². The summed E-state index contributed by atoms with van der Waals surface area (Å²) in [7, 11) is -3.47. The van der Waals surface area contributed by atoms with E-state index in [0.717, 1.165) is 35.3 Å². The zero-order valence-corrected chi connectivity index (χ0v) is 15.7. The number of aromatic nitrogens is 1. The Morgan fingerprint density at radius 2 is 2.04 bits per heavy atom. The minimum Gasteiger partial charge on any atom is -0.348 e. The van der Waals surface area contributed by atoms with Crippen LogP contribution in [0.3, 0.4) is 0 Å². The van der Waals surface area contributed by atoms with E-state index in [1.807, 2.05) is 5.38 Å². The summed E-state index contributed by atoms with van der Waals surface area (Å²) in [5.74, 6) is 0. The van der Waals surface area contributed by atoms with Crippen molar-refractivity contribution in [3.8, 4) is 0 Å². The lowest BCUT2D eigenvalue weighted by Gasteiger charge is -2.25. The summed E-state index contributed by atoms with van der Waals surface area (Å²) in [6, 6.07) is 3.11. The van der Waals surface area contributed by atoms with Gasteiger partial charge in [-0.3, -0.25) is 0 Å². The summed E-state index contributed by atoms with van der Waals surface area (Å²) < 4.78 is 27.5. The van der Waals surface area contributed by atoms with Crippen molar-refractivity contribution in [2.45, 2.75) is 29.9 Å². The predicted octanol–water partition coefficient (Wildman–Crippen LogP) is 3.37. The van der Waals surface area contributed by atoms with Gasteiger partial charge in [-0.05, 0) is 31.4 Å². The molecule has 0 unspecified atom stereocenters. The third-order valence-electron chi connectivity index (χ3n) is 3.65. The van der Waals surface area contributed by atoms with Gasteiger partial charge in [0.25, 0.3) is 0 Å². The molecule has 0 amide bonds. The molecule has 2 aromatic rings. The van der Waals surface area contributed by atoms with Crippen LogP contribution in [-0.2, 0) is 16.4 Å². The topological polar surface area (TPSA) is 62.3 Å². The predicted molar refractivity (Wildman–Crippen MR) is 96.4 cm³/mol. The number of nitrogens with zero attached hydrogens (tertiary/aromatic N) is 2. The first-order chi connectivity index (χ1) is 11.0. The molecule has 0 aromatic carbocycles. The van der Waals surface area contributed by atoms with Crippen LogP contribution in [0.4, 0.5) is 5.13 Å². The quantitative estimate of drug-likeness (QED) is 0.820. The molecule has 1 aliphatic rings. The summed E-state index contributed by atoms with van der Waals surface area (Å²) in [4.78, 5) is 6.94.